The normalized spacial score (nSPS) is 18.2. The molecule has 36 heavy (non-hydrogen) atoms. The van der Waals surface area contributed by atoms with Crippen molar-refractivity contribution in [2.45, 2.75) is 51.4 Å². The van der Waals surface area contributed by atoms with Gasteiger partial charge in [-0.25, -0.2) is 9.18 Å². The second kappa shape index (κ2) is 10.4. The minimum Gasteiger partial charge on any atom is -0.495 e. The topological polar surface area (TPSA) is 77.5 Å². The zero-order valence-corrected chi connectivity index (χ0v) is 21.5. The van der Waals surface area contributed by atoms with Crippen molar-refractivity contribution in [3.05, 3.63) is 47.2 Å². The number of ether oxygens (including phenoxy) is 4. The van der Waals surface area contributed by atoms with Gasteiger partial charge in [0.25, 0.3) is 5.91 Å². The highest BCUT2D eigenvalue weighted by molar-refractivity contribution is 6.32. The number of hydrogen-bond donors (Lipinski definition) is 0. The summed E-state index contributed by atoms with van der Waals surface area (Å²) >= 11 is 6.30. The van der Waals surface area contributed by atoms with Crippen molar-refractivity contribution in [2.24, 2.45) is 0 Å². The van der Waals surface area contributed by atoms with Crippen LogP contribution in [0.25, 0.3) is 0 Å². The van der Waals surface area contributed by atoms with Crippen molar-refractivity contribution in [1.29, 1.82) is 0 Å². The molecule has 2 amide bonds. The number of carbonyl (C=O) groups is 2. The van der Waals surface area contributed by atoms with Gasteiger partial charge in [0.1, 0.15) is 34.8 Å². The summed E-state index contributed by atoms with van der Waals surface area (Å²) in [5.74, 6) is 0.710. The summed E-state index contributed by atoms with van der Waals surface area (Å²) in [6.45, 7) is 6.23. The van der Waals surface area contributed by atoms with Gasteiger partial charge in [-0.05, 0) is 51.1 Å². The molecule has 2 heterocycles. The van der Waals surface area contributed by atoms with E-state index in [1.165, 1.54) is 24.1 Å². The number of amides is 2. The number of nitrogens with zero attached hydrogens (tertiary/aromatic N) is 2. The fourth-order valence-electron chi connectivity index (χ4n) is 4.16. The summed E-state index contributed by atoms with van der Waals surface area (Å²) in [6.07, 6.45) is -0.378. The van der Waals surface area contributed by atoms with Crippen molar-refractivity contribution >= 4 is 29.3 Å². The smallest absolute Gasteiger partial charge is 0.415 e. The fraction of sp³-hybridized carbons (Fsp3) is 0.462. The number of anilines is 1. The van der Waals surface area contributed by atoms with E-state index in [1.807, 2.05) is 0 Å². The SMILES string of the molecule is COc1cc2c(cc1Cl)N(C(=O)OC(C)(C)C)CC(C(=O)N1CCC(Oc3ccc(F)cc3)CC1)O2. The number of likely N-dealkylation sites (tertiary alicyclic amines) is 1. The van der Waals surface area contributed by atoms with E-state index in [1.54, 1.807) is 49.9 Å². The standard InChI is InChI=1S/C26H30ClFN2O6/c1-26(2,3)36-25(32)30-15-23(35-22-14-21(33-4)19(27)13-20(22)30)24(31)29-11-9-18(10-12-29)34-17-7-5-16(28)6-8-17/h5-8,13-14,18,23H,9-12,15H2,1-4H3. The molecule has 0 saturated carbocycles. The molecule has 8 nitrogen and oxygen atoms in total. The van der Waals surface area contributed by atoms with E-state index < -0.39 is 17.8 Å². The van der Waals surface area contributed by atoms with Crippen LogP contribution >= 0.6 is 11.6 Å². The Labute approximate surface area is 214 Å². The predicted molar refractivity (Wildman–Crippen MR) is 133 cm³/mol. The molecule has 2 aliphatic rings. The number of carbonyl (C=O) groups excluding carboxylic acids is 2. The van der Waals surface area contributed by atoms with E-state index in [4.69, 9.17) is 30.5 Å². The lowest BCUT2D eigenvalue weighted by Crippen LogP contribution is -2.54. The van der Waals surface area contributed by atoms with E-state index in [0.29, 0.717) is 53.9 Å². The van der Waals surface area contributed by atoms with E-state index >= 15 is 0 Å². The van der Waals surface area contributed by atoms with Crippen LogP contribution in [0, 0.1) is 5.82 Å². The van der Waals surface area contributed by atoms with Crippen molar-refractivity contribution in [2.75, 3.05) is 31.6 Å². The minimum absolute atomic E-state index is 0.0184. The molecule has 0 radical (unpaired) electrons. The Balaban J connectivity index is 1.47. The average molecular weight is 521 g/mol. The highest BCUT2D eigenvalue weighted by Gasteiger charge is 2.39. The molecule has 0 aromatic heterocycles. The lowest BCUT2D eigenvalue weighted by Gasteiger charge is -2.39. The van der Waals surface area contributed by atoms with Gasteiger partial charge in [0.05, 0.1) is 24.4 Å². The number of hydrogen-bond acceptors (Lipinski definition) is 6. The summed E-state index contributed by atoms with van der Waals surface area (Å²) in [5, 5.41) is 0.307. The third-order valence-electron chi connectivity index (χ3n) is 5.90. The van der Waals surface area contributed by atoms with Crippen LogP contribution in [0.2, 0.25) is 5.02 Å². The summed E-state index contributed by atoms with van der Waals surface area (Å²) in [4.78, 5) is 29.5. The van der Waals surface area contributed by atoms with Crippen LogP contribution in [0.1, 0.15) is 33.6 Å². The summed E-state index contributed by atoms with van der Waals surface area (Å²) in [7, 11) is 1.48. The third-order valence-corrected chi connectivity index (χ3v) is 6.20. The molecule has 1 saturated heterocycles. The second-order valence-corrected chi connectivity index (χ2v) is 10.2. The van der Waals surface area contributed by atoms with Crippen LogP contribution in [-0.2, 0) is 9.53 Å². The molecule has 4 rings (SSSR count). The predicted octanol–water partition coefficient (Wildman–Crippen LogP) is 5.06. The zero-order valence-electron chi connectivity index (χ0n) is 20.8. The first-order valence-corrected chi connectivity index (χ1v) is 12.2. The van der Waals surface area contributed by atoms with Gasteiger partial charge >= 0.3 is 6.09 Å². The Kier molecular flexibility index (Phi) is 7.49. The molecule has 1 atom stereocenters. The molecular formula is C26H30ClFN2O6. The van der Waals surface area contributed by atoms with Crippen LogP contribution < -0.4 is 19.1 Å². The number of fused-ring (bicyclic) bond motifs is 1. The highest BCUT2D eigenvalue weighted by Crippen LogP contribution is 2.42. The Morgan fingerprint density at radius 3 is 2.39 bits per heavy atom. The Morgan fingerprint density at radius 1 is 1.11 bits per heavy atom. The molecule has 1 unspecified atom stereocenters. The van der Waals surface area contributed by atoms with Gasteiger partial charge in [0.2, 0.25) is 0 Å². The maximum Gasteiger partial charge on any atom is 0.415 e. The second-order valence-electron chi connectivity index (χ2n) is 9.75. The molecule has 2 aliphatic heterocycles. The first-order chi connectivity index (χ1) is 17.0. The van der Waals surface area contributed by atoms with Gasteiger partial charge in [-0.15, -0.1) is 0 Å². The van der Waals surface area contributed by atoms with Crippen molar-refractivity contribution in [3.63, 3.8) is 0 Å². The molecule has 0 N–H and O–H groups in total. The van der Waals surface area contributed by atoms with Crippen LogP contribution in [0.15, 0.2) is 36.4 Å². The van der Waals surface area contributed by atoms with Crippen LogP contribution in [-0.4, -0.2) is 61.5 Å². The van der Waals surface area contributed by atoms with E-state index in [0.717, 1.165) is 0 Å². The number of benzene rings is 2. The maximum atomic E-state index is 13.4. The zero-order chi connectivity index (χ0) is 26.0. The number of piperidine rings is 1. The van der Waals surface area contributed by atoms with Gasteiger partial charge in [-0.3, -0.25) is 9.69 Å². The van der Waals surface area contributed by atoms with Gasteiger partial charge in [0.15, 0.2) is 6.10 Å². The molecule has 0 aliphatic carbocycles. The fourth-order valence-corrected chi connectivity index (χ4v) is 4.40. The van der Waals surface area contributed by atoms with E-state index in [2.05, 4.69) is 0 Å². The maximum absolute atomic E-state index is 13.4. The number of halogens is 2. The van der Waals surface area contributed by atoms with Crippen molar-refractivity contribution < 1.29 is 32.9 Å². The molecule has 10 heteroatoms. The summed E-state index contributed by atoms with van der Waals surface area (Å²) < 4.78 is 36.0. The average Bonchev–Trinajstić information content (AvgIpc) is 2.83. The molecule has 2 aromatic carbocycles. The molecular weight excluding hydrogens is 491 g/mol. The quantitative estimate of drug-likeness (QED) is 0.561. The van der Waals surface area contributed by atoms with E-state index in [-0.39, 0.29) is 24.4 Å². The van der Waals surface area contributed by atoms with E-state index in [9.17, 15) is 14.0 Å². The monoisotopic (exact) mass is 520 g/mol. The first-order valence-electron chi connectivity index (χ1n) is 11.8. The van der Waals surface area contributed by atoms with Gasteiger partial charge in [-0.1, -0.05) is 11.6 Å². The molecule has 2 aromatic rings. The van der Waals surface area contributed by atoms with Crippen molar-refractivity contribution in [3.8, 4) is 17.2 Å². The third kappa shape index (κ3) is 5.95. The highest BCUT2D eigenvalue weighted by atomic mass is 35.5. The molecule has 1 fully saturated rings. The molecule has 194 valence electrons. The minimum atomic E-state index is -0.925. The van der Waals surface area contributed by atoms with Crippen LogP contribution in [0.3, 0.4) is 0 Å². The van der Waals surface area contributed by atoms with Gasteiger partial charge in [-0.2, -0.15) is 0 Å². The summed E-state index contributed by atoms with van der Waals surface area (Å²) in [6, 6.07) is 9.02. The lowest BCUT2D eigenvalue weighted by atomic mass is 10.1. The number of rotatable bonds is 4. The van der Waals surface area contributed by atoms with Crippen LogP contribution in [0.5, 0.6) is 17.2 Å². The largest absolute Gasteiger partial charge is 0.495 e. The van der Waals surface area contributed by atoms with Crippen LogP contribution in [0.4, 0.5) is 14.9 Å². The van der Waals surface area contributed by atoms with Crippen molar-refractivity contribution in [1.82, 2.24) is 4.90 Å². The van der Waals surface area contributed by atoms with Gasteiger partial charge in [0, 0.05) is 32.0 Å². The Hall–Kier alpha value is -3.20. The van der Waals surface area contributed by atoms with Gasteiger partial charge < -0.3 is 23.8 Å². The lowest BCUT2D eigenvalue weighted by molar-refractivity contribution is -0.140. The first kappa shape index (κ1) is 25.9. The number of methoxy groups -OCH3 is 1. The molecule has 0 spiro atoms. The summed E-state index contributed by atoms with van der Waals surface area (Å²) in [5.41, 5.74) is -0.317. The Bertz CT molecular complexity index is 1110. The molecule has 0 bridgehead atoms. The Morgan fingerprint density at radius 2 is 1.78 bits per heavy atom.